The normalized spacial score (nSPS) is 18.9. The molecule has 0 aliphatic carbocycles. The predicted octanol–water partition coefficient (Wildman–Crippen LogP) is 1.80. The van der Waals surface area contributed by atoms with Gasteiger partial charge in [-0.05, 0) is 47.8 Å². The van der Waals surface area contributed by atoms with Crippen LogP contribution in [0, 0.1) is 0 Å². The van der Waals surface area contributed by atoms with E-state index >= 15 is 0 Å². The van der Waals surface area contributed by atoms with Crippen LogP contribution in [0.4, 0.5) is 0 Å². The second kappa shape index (κ2) is 6.19. The van der Waals surface area contributed by atoms with Crippen LogP contribution in [0.5, 0.6) is 0 Å². The van der Waals surface area contributed by atoms with Crippen molar-refractivity contribution >= 4 is 17.2 Å². The Morgan fingerprint density at radius 3 is 3.25 bits per heavy atom. The summed E-state index contributed by atoms with van der Waals surface area (Å²) in [6.45, 7) is 2.56. The lowest BCUT2D eigenvalue weighted by molar-refractivity contribution is 0.0944. The number of piperidine rings is 1. The molecule has 0 aromatic carbocycles. The molecule has 3 heterocycles. The second-order valence-corrected chi connectivity index (χ2v) is 5.78. The fraction of sp³-hybridized carbons (Fsp3) is 0.429. The van der Waals surface area contributed by atoms with Crippen molar-refractivity contribution in [3.05, 3.63) is 40.3 Å². The molecule has 0 spiro atoms. The second-order valence-electron chi connectivity index (χ2n) is 5.00. The Hall–Kier alpha value is -1.66. The Labute approximate surface area is 122 Å². The molecule has 2 aromatic rings. The number of nitrogens with one attached hydrogen (secondary N) is 2. The summed E-state index contributed by atoms with van der Waals surface area (Å²) in [6.07, 6.45) is 4.17. The first kappa shape index (κ1) is 13.3. The van der Waals surface area contributed by atoms with E-state index < -0.39 is 0 Å². The summed E-state index contributed by atoms with van der Waals surface area (Å²) in [7, 11) is 0. The molecule has 1 amide bonds. The number of hydrogen-bond donors (Lipinski definition) is 2. The van der Waals surface area contributed by atoms with Crippen LogP contribution in [-0.4, -0.2) is 28.8 Å². The Morgan fingerprint density at radius 2 is 2.50 bits per heavy atom. The van der Waals surface area contributed by atoms with Crippen molar-refractivity contribution in [3.8, 4) is 0 Å². The molecular weight excluding hydrogens is 272 g/mol. The summed E-state index contributed by atoms with van der Waals surface area (Å²) >= 11 is 1.63. The van der Waals surface area contributed by atoms with Crippen LogP contribution >= 0.6 is 11.3 Å². The van der Waals surface area contributed by atoms with Crippen LogP contribution in [0.25, 0.3) is 0 Å². The lowest BCUT2D eigenvalue weighted by atomic mass is 10.1. The molecule has 3 rings (SSSR count). The summed E-state index contributed by atoms with van der Waals surface area (Å²) in [6, 6.07) is 4.16. The van der Waals surface area contributed by atoms with Gasteiger partial charge < -0.3 is 10.6 Å². The monoisotopic (exact) mass is 290 g/mol. The van der Waals surface area contributed by atoms with Crippen molar-refractivity contribution in [2.24, 2.45) is 0 Å². The minimum absolute atomic E-state index is 0.112. The molecule has 0 unspecified atom stereocenters. The van der Waals surface area contributed by atoms with Crippen LogP contribution in [0.3, 0.4) is 0 Å². The molecule has 1 aliphatic rings. The van der Waals surface area contributed by atoms with E-state index in [0.717, 1.165) is 31.5 Å². The highest BCUT2D eigenvalue weighted by molar-refractivity contribution is 7.07. The van der Waals surface area contributed by atoms with Gasteiger partial charge in [-0.2, -0.15) is 16.4 Å². The third kappa shape index (κ3) is 3.08. The van der Waals surface area contributed by atoms with E-state index in [4.69, 9.17) is 0 Å². The molecule has 106 valence electrons. The average Bonchev–Trinajstić information content (AvgIpc) is 3.17. The smallest absolute Gasteiger partial charge is 0.272 e. The first-order valence-corrected chi connectivity index (χ1v) is 7.82. The number of rotatable bonds is 4. The number of amides is 1. The van der Waals surface area contributed by atoms with Gasteiger partial charge in [0.2, 0.25) is 0 Å². The van der Waals surface area contributed by atoms with Gasteiger partial charge in [0.25, 0.3) is 5.91 Å². The molecule has 2 N–H and O–H groups in total. The van der Waals surface area contributed by atoms with Gasteiger partial charge in [0.05, 0.1) is 6.04 Å². The van der Waals surface area contributed by atoms with Crippen LogP contribution in [0.1, 0.15) is 34.9 Å². The molecule has 1 atom stereocenters. The standard InChI is InChI=1S/C14H18N4OS/c19-14(16-8-11-4-7-20-10-11)13-3-6-18(17-13)12-2-1-5-15-9-12/h3-4,6-7,10,12,15H,1-2,5,8-9H2,(H,16,19)/t12-/m0/s1. The third-order valence-corrected chi connectivity index (χ3v) is 4.25. The maximum Gasteiger partial charge on any atom is 0.272 e. The summed E-state index contributed by atoms with van der Waals surface area (Å²) in [4.78, 5) is 12.0. The topological polar surface area (TPSA) is 59.0 Å². The van der Waals surface area contributed by atoms with E-state index in [-0.39, 0.29) is 5.91 Å². The number of carbonyl (C=O) groups is 1. The van der Waals surface area contributed by atoms with Gasteiger partial charge in [0.1, 0.15) is 5.69 Å². The van der Waals surface area contributed by atoms with Gasteiger partial charge in [0.15, 0.2) is 0 Å². The van der Waals surface area contributed by atoms with Gasteiger partial charge in [-0.3, -0.25) is 9.48 Å². The van der Waals surface area contributed by atoms with E-state index in [1.807, 2.05) is 27.7 Å². The predicted molar refractivity (Wildman–Crippen MR) is 78.9 cm³/mol. The first-order chi connectivity index (χ1) is 9.83. The van der Waals surface area contributed by atoms with E-state index in [1.54, 1.807) is 17.4 Å². The Kier molecular flexibility index (Phi) is 4.13. The van der Waals surface area contributed by atoms with Crippen molar-refractivity contribution < 1.29 is 4.79 Å². The lowest BCUT2D eigenvalue weighted by Crippen LogP contribution is -2.32. The molecule has 6 heteroatoms. The SMILES string of the molecule is O=C(NCc1ccsc1)c1ccn([C@H]2CCCNC2)n1. The molecule has 0 saturated carbocycles. The van der Waals surface area contributed by atoms with E-state index in [2.05, 4.69) is 15.7 Å². The van der Waals surface area contributed by atoms with E-state index in [0.29, 0.717) is 18.3 Å². The zero-order valence-corrected chi connectivity index (χ0v) is 12.0. The highest BCUT2D eigenvalue weighted by Gasteiger charge is 2.17. The fourth-order valence-electron chi connectivity index (χ4n) is 2.39. The molecule has 1 saturated heterocycles. The summed E-state index contributed by atoms with van der Waals surface area (Å²) in [5.74, 6) is -0.112. The van der Waals surface area contributed by atoms with Gasteiger partial charge in [-0.25, -0.2) is 0 Å². The van der Waals surface area contributed by atoms with Crippen LogP contribution in [-0.2, 0) is 6.54 Å². The quantitative estimate of drug-likeness (QED) is 0.902. The Bertz CT molecular complexity index is 558. The maximum atomic E-state index is 12.0. The van der Waals surface area contributed by atoms with Gasteiger partial charge in [-0.15, -0.1) is 0 Å². The highest BCUT2D eigenvalue weighted by atomic mass is 32.1. The average molecular weight is 290 g/mol. The largest absolute Gasteiger partial charge is 0.347 e. The Morgan fingerprint density at radius 1 is 1.55 bits per heavy atom. The maximum absolute atomic E-state index is 12.0. The first-order valence-electron chi connectivity index (χ1n) is 6.88. The molecule has 0 bridgehead atoms. The van der Waals surface area contributed by atoms with Gasteiger partial charge >= 0.3 is 0 Å². The Balaban J connectivity index is 1.59. The van der Waals surface area contributed by atoms with Crippen LogP contribution in [0.15, 0.2) is 29.1 Å². The van der Waals surface area contributed by atoms with Gasteiger partial charge in [0, 0.05) is 19.3 Å². The minimum Gasteiger partial charge on any atom is -0.347 e. The highest BCUT2D eigenvalue weighted by Crippen LogP contribution is 2.15. The molecule has 1 fully saturated rings. The summed E-state index contributed by atoms with van der Waals surface area (Å²) in [5.41, 5.74) is 1.62. The van der Waals surface area contributed by atoms with Crippen molar-refractivity contribution in [3.63, 3.8) is 0 Å². The molecule has 2 aromatic heterocycles. The third-order valence-electron chi connectivity index (χ3n) is 3.52. The molecule has 20 heavy (non-hydrogen) atoms. The van der Waals surface area contributed by atoms with Crippen molar-refractivity contribution in [1.29, 1.82) is 0 Å². The van der Waals surface area contributed by atoms with Crippen molar-refractivity contribution in [2.45, 2.75) is 25.4 Å². The zero-order valence-electron chi connectivity index (χ0n) is 11.2. The van der Waals surface area contributed by atoms with E-state index in [1.165, 1.54) is 0 Å². The molecule has 5 nitrogen and oxygen atoms in total. The number of aromatic nitrogens is 2. The van der Waals surface area contributed by atoms with Gasteiger partial charge in [-0.1, -0.05) is 0 Å². The number of nitrogens with zero attached hydrogens (tertiary/aromatic N) is 2. The molecule has 1 aliphatic heterocycles. The number of carbonyl (C=O) groups excluding carboxylic acids is 1. The summed E-state index contributed by atoms with van der Waals surface area (Å²) < 4.78 is 1.91. The minimum atomic E-state index is -0.112. The number of hydrogen-bond acceptors (Lipinski definition) is 4. The van der Waals surface area contributed by atoms with Crippen molar-refractivity contribution in [1.82, 2.24) is 20.4 Å². The molecular formula is C14H18N4OS. The number of thiophene rings is 1. The van der Waals surface area contributed by atoms with Crippen LogP contribution in [0.2, 0.25) is 0 Å². The van der Waals surface area contributed by atoms with Crippen LogP contribution < -0.4 is 10.6 Å². The molecule has 0 radical (unpaired) electrons. The fourth-order valence-corrected chi connectivity index (χ4v) is 3.06. The zero-order chi connectivity index (χ0) is 13.8. The summed E-state index contributed by atoms with van der Waals surface area (Å²) in [5, 5.41) is 14.7. The lowest BCUT2D eigenvalue weighted by Gasteiger charge is -2.22. The van der Waals surface area contributed by atoms with E-state index in [9.17, 15) is 4.79 Å². The van der Waals surface area contributed by atoms with Crippen molar-refractivity contribution in [2.75, 3.05) is 13.1 Å².